The van der Waals surface area contributed by atoms with Crippen LogP contribution in [0.5, 0.6) is 0 Å². The normalized spacial score (nSPS) is 40.3. The lowest BCUT2D eigenvalue weighted by Crippen LogP contribution is -2.55. The average Bonchev–Trinajstić information content (AvgIpc) is 2.69. The zero-order valence-electron chi connectivity index (χ0n) is 12.6. The number of esters is 1. The van der Waals surface area contributed by atoms with E-state index in [1.807, 2.05) is 6.92 Å². The van der Waals surface area contributed by atoms with Gasteiger partial charge in [0.05, 0.1) is 29.4 Å². The number of carbonyl (C=O) groups excluding carboxylic acids is 1. The van der Waals surface area contributed by atoms with Gasteiger partial charge in [-0.3, -0.25) is 0 Å². The highest BCUT2D eigenvalue weighted by molar-refractivity contribution is 6.02. The van der Waals surface area contributed by atoms with Crippen LogP contribution < -0.4 is 0 Å². The van der Waals surface area contributed by atoms with Crippen molar-refractivity contribution in [3.63, 3.8) is 0 Å². The van der Waals surface area contributed by atoms with E-state index >= 15 is 0 Å². The molecule has 1 aromatic rings. The number of fused-ring (bicyclic) bond motifs is 1. The molecule has 3 fully saturated rings. The molecule has 2 aliphatic heterocycles. The predicted octanol–water partition coefficient (Wildman–Crippen LogP) is 1.32. The lowest BCUT2D eigenvalue weighted by Gasteiger charge is -2.49. The molecule has 2 saturated heterocycles. The molecule has 122 valence electrons. The number of aromatic carboxylic acids is 1. The number of rotatable bonds is 3. The summed E-state index contributed by atoms with van der Waals surface area (Å²) in [6.07, 6.45) is -0.730. The van der Waals surface area contributed by atoms with Crippen LogP contribution in [0.4, 0.5) is 0 Å². The van der Waals surface area contributed by atoms with Crippen molar-refractivity contribution in [1.82, 2.24) is 0 Å². The van der Waals surface area contributed by atoms with Gasteiger partial charge < -0.3 is 19.7 Å². The van der Waals surface area contributed by atoms with Crippen molar-refractivity contribution in [3.8, 4) is 0 Å². The molecule has 1 aliphatic carbocycles. The molecule has 6 heteroatoms. The van der Waals surface area contributed by atoms with Gasteiger partial charge in [-0.25, -0.2) is 9.59 Å². The van der Waals surface area contributed by atoms with Crippen LogP contribution >= 0.6 is 0 Å². The van der Waals surface area contributed by atoms with Gasteiger partial charge in [0, 0.05) is 18.3 Å². The van der Waals surface area contributed by atoms with Gasteiger partial charge in [-0.15, -0.1) is 0 Å². The number of benzene rings is 1. The SMILES string of the molecule is CC1C2C(O)C[C@@H]3O[C@H]2C1[C@H]3OC(=O)c1ccccc1C(=O)O. The lowest BCUT2D eigenvalue weighted by molar-refractivity contribution is -0.175. The molecule has 1 aromatic carbocycles. The summed E-state index contributed by atoms with van der Waals surface area (Å²) in [6.45, 7) is 2.04. The van der Waals surface area contributed by atoms with Gasteiger partial charge in [0.25, 0.3) is 0 Å². The highest BCUT2D eigenvalue weighted by Gasteiger charge is 2.66. The highest BCUT2D eigenvalue weighted by atomic mass is 16.6. The van der Waals surface area contributed by atoms with Crippen molar-refractivity contribution in [2.24, 2.45) is 17.8 Å². The molecule has 23 heavy (non-hydrogen) atoms. The molecule has 1 saturated carbocycles. The summed E-state index contributed by atoms with van der Waals surface area (Å²) in [5.74, 6) is -1.37. The van der Waals surface area contributed by atoms with Crippen LogP contribution in [0.1, 0.15) is 34.1 Å². The average molecular weight is 318 g/mol. The summed E-state index contributed by atoms with van der Waals surface area (Å²) in [5.41, 5.74) is -0.0236. The smallest absolute Gasteiger partial charge is 0.339 e. The van der Waals surface area contributed by atoms with Crippen molar-refractivity contribution in [3.05, 3.63) is 35.4 Å². The second-order valence-corrected chi connectivity index (χ2v) is 6.68. The maximum Gasteiger partial charge on any atom is 0.339 e. The van der Waals surface area contributed by atoms with Crippen LogP contribution in [0.15, 0.2) is 24.3 Å². The molecule has 2 heterocycles. The molecule has 0 radical (unpaired) electrons. The maximum atomic E-state index is 12.5. The van der Waals surface area contributed by atoms with E-state index < -0.39 is 24.1 Å². The molecule has 4 unspecified atom stereocenters. The van der Waals surface area contributed by atoms with E-state index in [4.69, 9.17) is 9.47 Å². The number of hydrogen-bond donors (Lipinski definition) is 2. The van der Waals surface area contributed by atoms with Crippen LogP contribution in [0.25, 0.3) is 0 Å². The van der Waals surface area contributed by atoms with Crippen LogP contribution in [-0.2, 0) is 9.47 Å². The van der Waals surface area contributed by atoms with E-state index in [0.717, 1.165) is 0 Å². The summed E-state index contributed by atoms with van der Waals surface area (Å²) < 4.78 is 11.5. The van der Waals surface area contributed by atoms with Crippen molar-refractivity contribution in [2.75, 3.05) is 0 Å². The molecule has 0 aromatic heterocycles. The number of aliphatic hydroxyl groups excluding tert-OH is 1. The molecule has 2 bridgehead atoms. The summed E-state index contributed by atoms with van der Waals surface area (Å²) in [4.78, 5) is 23.7. The second kappa shape index (κ2) is 5.04. The van der Waals surface area contributed by atoms with E-state index in [0.29, 0.717) is 6.42 Å². The van der Waals surface area contributed by atoms with Gasteiger partial charge in [0.15, 0.2) is 0 Å². The number of aliphatic hydroxyl groups is 1. The number of carboxylic acids is 1. The van der Waals surface area contributed by atoms with Gasteiger partial charge in [-0.2, -0.15) is 0 Å². The monoisotopic (exact) mass is 318 g/mol. The molecule has 0 spiro atoms. The molecule has 2 N–H and O–H groups in total. The molecule has 4 rings (SSSR count). The third-order valence-corrected chi connectivity index (χ3v) is 5.59. The first-order chi connectivity index (χ1) is 11.0. The van der Waals surface area contributed by atoms with Gasteiger partial charge in [0.1, 0.15) is 6.10 Å². The molecular weight excluding hydrogens is 300 g/mol. The van der Waals surface area contributed by atoms with Crippen molar-refractivity contribution in [2.45, 2.75) is 37.8 Å². The quantitative estimate of drug-likeness (QED) is 0.817. The first kappa shape index (κ1) is 14.7. The molecule has 0 amide bonds. The minimum absolute atomic E-state index is 0.0468. The Morgan fingerprint density at radius 1 is 1.22 bits per heavy atom. The minimum Gasteiger partial charge on any atom is -0.478 e. The maximum absolute atomic E-state index is 12.5. The number of ether oxygens (including phenoxy) is 2. The van der Waals surface area contributed by atoms with Gasteiger partial charge in [-0.05, 0) is 18.1 Å². The van der Waals surface area contributed by atoms with Crippen molar-refractivity contribution >= 4 is 11.9 Å². The topological polar surface area (TPSA) is 93.1 Å². The first-order valence-electron chi connectivity index (χ1n) is 7.86. The Morgan fingerprint density at radius 2 is 1.91 bits per heavy atom. The van der Waals surface area contributed by atoms with E-state index in [2.05, 4.69) is 0 Å². The van der Waals surface area contributed by atoms with Crippen molar-refractivity contribution < 1.29 is 29.3 Å². The van der Waals surface area contributed by atoms with Crippen LogP contribution in [0.3, 0.4) is 0 Å². The third-order valence-electron chi connectivity index (χ3n) is 5.59. The van der Waals surface area contributed by atoms with Gasteiger partial charge >= 0.3 is 11.9 Å². The Bertz CT molecular complexity index is 671. The number of carbonyl (C=O) groups is 2. The molecule has 3 aliphatic rings. The highest BCUT2D eigenvalue weighted by Crippen LogP contribution is 2.57. The largest absolute Gasteiger partial charge is 0.478 e. The van der Waals surface area contributed by atoms with E-state index in [1.54, 1.807) is 12.1 Å². The van der Waals surface area contributed by atoms with E-state index in [1.165, 1.54) is 12.1 Å². The molecular formula is C17H18O6. The standard InChI is InChI=1S/C17H18O6/c1-7-12-10(18)6-11-14(13(7)15(12)22-11)23-17(21)9-5-3-2-4-8(9)16(19)20/h2-5,7,10-15,18H,6H2,1H3,(H,19,20)/t7?,10?,11-,12?,13?,14-,15+/m0/s1. The zero-order chi connectivity index (χ0) is 16.3. The summed E-state index contributed by atoms with van der Waals surface area (Å²) in [5, 5.41) is 19.4. The lowest BCUT2D eigenvalue weighted by atomic mass is 9.61. The van der Waals surface area contributed by atoms with Crippen LogP contribution in [-0.4, -0.2) is 46.6 Å². The third kappa shape index (κ3) is 2.01. The Kier molecular flexibility index (Phi) is 3.21. The Hall–Kier alpha value is -1.92. The molecule has 6 nitrogen and oxygen atoms in total. The molecule has 7 atom stereocenters. The fourth-order valence-corrected chi connectivity index (χ4v) is 4.50. The Labute approximate surface area is 133 Å². The van der Waals surface area contributed by atoms with Gasteiger partial charge in [-0.1, -0.05) is 19.1 Å². The first-order valence-corrected chi connectivity index (χ1v) is 7.86. The fourth-order valence-electron chi connectivity index (χ4n) is 4.50. The number of hydrogen-bond acceptors (Lipinski definition) is 5. The predicted molar refractivity (Wildman–Crippen MR) is 78.0 cm³/mol. The summed E-state index contributed by atoms with van der Waals surface area (Å²) in [7, 11) is 0. The minimum atomic E-state index is -1.16. The van der Waals surface area contributed by atoms with Crippen molar-refractivity contribution in [1.29, 1.82) is 0 Å². The zero-order valence-corrected chi connectivity index (χ0v) is 12.6. The van der Waals surface area contributed by atoms with Crippen LogP contribution in [0.2, 0.25) is 0 Å². The van der Waals surface area contributed by atoms with Gasteiger partial charge in [0.2, 0.25) is 0 Å². The second-order valence-electron chi connectivity index (χ2n) is 6.68. The Morgan fingerprint density at radius 3 is 2.61 bits per heavy atom. The fraction of sp³-hybridized carbons (Fsp3) is 0.529. The van der Waals surface area contributed by atoms with E-state index in [-0.39, 0.29) is 41.1 Å². The Balaban J connectivity index is 1.57. The van der Waals surface area contributed by atoms with Crippen LogP contribution in [0, 0.1) is 17.8 Å². The summed E-state index contributed by atoms with van der Waals surface area (Å²) >= 11 is 0. The number of carboxylic acid groups (broad SMARTS) is 1. The summed E-state index contributed by atoms with van der Waals surface area (Å²) in [6, 6.07) is 6.02. The van der Waals surface area contributed by atoms with E-state index in [9.17, 15) is 19.8 Å².